The van der Waals surface area contributed by atoms with Crippen LogP contribution in [0.1, 0.15) is 37.6 Å². The highest BCUT2D eigenvalue weighted by Crippen LogP contribution is 2.33. The van der Waals surface area contributed by atoms with Crippen LogP contribution in [-0.4, -0.2) is 19.5 Å². The number of hydrogen-bond acceptors (Lipinski definition) is 3. The number of methoxy groups -OCH3 is 1. The fourth-order valence-corrected chi connectivity index (χ4v) is 1.83. The van der Waals surface area contributed by atoms with E-state index in [1.54, 1.807) is 32.2 Å². The second-order valence-electron chi connectivity index (χ2n) is 3.94. The number of benzene rings is 1. The minimum absolute atomic E-state index is 0.00303. The van der Waals surface area contributed by atoms with Gasteiger partial charge in [0.2, 0.25) is 0 Å². The summed E-state index contributed by atoms with van der Waals surface area (Å²) >= 11 is 6.11. The van der Waals surface area contributed by atoms with Crippen molar-refractivity contribution in [1.29, 1.82) is 0 Å². The van der Waals surface area contributed by atoms with Crippen LogP contribution in [0.4, 0.5) is 0 Å². The number of rotatable bonds is 7. The van der Waals surface area contributed by atoms with Gasteiger partial charge in [0, 0.05) is 6.42 Å². The third-order valence-electron chi connectivity index (χ3n) is 2.57. The predicted molar refractivity (Wildman–Crippen MR) is 72.7 cm³/mol. The molecule has 1 aromatic rings. The van der Waals surface area contributed by atoms with Crippen LogP contribution < -0.4 is 9.47 Å². The lowest BCUT2D eigenvalue weighted by Crippen LogP contribution is -2.06. The molecule has 0 aliphatic carbocycles. The summed E-state index contributed by atoms with van der Waals surface area (Å²) in [6.45, 7) is 4.44. The van der Waals surface area contributed by atoms with Crippen LogP contribution in [0.3, 0.4) is 0 Å². The largest absolute Gasteiger partial charge is 0.493 e. The lowest BCUT2D eigenvalue weighted by atomic mass is 10.1. The first kappa shape index (κ1) is 14.8. The van der Waals surface area contributed by atoms with Crippen molar-refractivity contribution in [2.75, 3.05) is 13.7 Å². The second-order valence-corrected chi connectivity index (χ2v) is 4.38. The van der Waals surface area contributed by atoms with Crippen LogP contribution in [0.25, 0.3) is 0 Å². The fourth-order valence-electron chi connectivity index (χ4n) is 1.54. The Hall–Kier alpha value is -1.22. The predicted octanol–water partition coefficient (Wildman–Crippen LogP) is 3.74. The average Bonchev–Trinajstić information content (AvgIpc) is 2.42. The van der Waals surface area contributed by atoms with Gasteiger partial charge in [-0.3, -0.25) is 4.79 Å². The summed E-state index contributed by atoms with van der Waals surface area (Å²) in [6, 6.07) is 5.35. The van der Waals surface area contributed by atoms with E-state index in [9.17, 15) is 4.79 Å². The van der Waals surface area contributed by atoms with Gasteiger partial charge in [-0.2, -0.15) is 0 Å². The maximum atomic E-state index is 11.6. The molecule has 1 unspecified atom stereocenters. The highest BCUT2D eigenvalue weighted by atomic mass is 35.5. The summed E-state index contributed by atoms with van der Waals surface area (Å²) in [4.78, 5) is 11.6. The molecule has 0 aliphatic rings. The monoisotopic (exact) mass is 270 g/mol. The van der Waals surface area contributed by atoms with Gasteiger partial charge in [0.15, 0.2) is 17.3 Å². The van der Waals surface area contributed by atoms with E-state index in [4.69, 9.17) is 21.1 Å². The number of carbonyl (C=O) groups is 1. The van der Waals surface area contributed by atoms with Crippen molar-refractivity contribution in [1.82, 2.24) is 0 Å². The Labute approximate surface area is 113 Å². The zero-order valence-corrected chi connectivity index (χ0v) is 11.8. The lowest BCUT2D eigenvalue weighted by molar-refractivity contribution is -0.118. The molecule has 18 heavy (non-hydrogen) atoms. The molecule has 0 N–H and O–H groups in total. The van der Waals surface area contributed by atoms with Gasteiger partial charge in [-0.1, -0.05) is 19.9 Å². The van der Waals surface area contributed by atoms with E-state index in [2.05, 4.69) is 0 Å². The summed E-state index contributed by atoms with van der Waals surface area (Å²) in [6.07, 6.45) is 1.33. The molecule has 100 valence electrons. The third-order valence-corrected chi connectivity index (χ3v) is 3.07. The molecule has 1 rings (SSSR count). The first-order valence-electron chi connectivity index (χ1n) is 6.11. The second kappa shape index (κ2) is 7.27. The van der Waals surface area contributed by atoms with Crippen LogP contribution in [0.5, 0.6) is 11.5 Å². The molecule has 0 spiro atoms. The minimum Gasteiger partial charge on any atom is -0.493 e. The van der Waals surface area contributed by atoms with Gasteiger partial charge in [0.25, 0.3) is 0 Å². The summed E-state index contributed by atoms with van der Waals surface area (Å²) < 4.78 is 10.8. The van der Waals surface area contributed by atoms with Crippen LogP contribution >= 0.6 is 11.6 Å². The Morgan fingerprint density at radius 2 is 2.06 bits per heavy atom. The lowest BCUT2D eigenvalue weighted by Gasteiger charge is -2.13. The molecule has 0 fully saturated rings. The number of alkyl halides is 1. The van der Waals surface area contributed by atoms with Crippen LogP contribution in [0.15, 0.2) is 18.2 Å². The molecule has 0 aliphatic heterocycles. The topological polar surface area (TPSA) is 35.5 Å². The Kier molecular flexibility index (Phi) is 5.99. The number of ketones is 1. The number of halogens is 1. The van der Waals surface area contributed by atoms with Gasteiger partial charge in [-0.05, 0) is 24.1 Å². The van der Waals surface area contributed by atoms with Gasteiger partial charge >= 0.3 is 0 Å². The average molecular weight is 271 g/mol. The maximum absolute atomic E-state index is 11.6. The molecule has 1 atom stereocenters. The van der Waals surface area contributed by atoms with Crippen molar-refractivity contribution in [3.63, 3.8) is 0 Å². The number of hydrogen-bond donors (Lipinski definition) is 0. The Morgan fingerprint density at radius 3 is 2.61 bits per heavy atom. The van der Waals surface area contributed by atoms with Gasteiger partial charge in [0.05, 0.1) is 13.7 Å². The molecule has 3 nitrogen and oxygen atoms in total. The molecular weight excluding hydrogens is 252 g/mol. The van der Waals surface area contributed by atoms with Crippen LogP contribution in [-0.2, 0) is 4.79 Å². The summed E-state index contributed by atoms with van der Waals surface area (Å²) in [5.41, 5.74) is 0.746. The molecule has 0 aromatic heterocycles. The van der Waals surface area contributed by atoms with Gasteiger partial charge in [0.1, 0.15) is 5.38 Å². The molecule has 1 aromatic carbocycles. The zero-order valence-electron chi connectivity index (χ0n) is 11.0. The Morgan fingerprint density at radius 1 is 1.33 bits per heavy atom. The SMILES string of the molecule is CCCOc1cc(C(Cl)C(=O)CC)ccc1OC. The van der Waals surface area contributed by atoms with Crippen LogP contribution in [0, 0.1) is 0 Å². The van der Waals surface area contributed by atoms with Gasteiger partial charge in [-0.25, -0.2) is 0 Å². The highest BCUT2D eigenvalue weighted by molar-refractivity contribution is 6.31. The number of Topliss-reactive ketones (excluding diaryl/α,β-unsaturated/α-hetero) is 1. The minimum atomic E-state index is -0.620. The van der Waals surface area contributed by atoms with E-state index in [1.807, 2.05) is 6.92 Å². The quantitative estimate of drug-likeness (QED) is 0.708. The summed E-state index contributed by atoms with van der Waals surface area (Å²) in [5, 5.41) is -0.620. The molecule has 0 bridgehead atoms. The first-order valence-corrected chi connectivity index (χ1v) is 6.55. The Bertz CT molecular complexity index is 404. The van der Waals surface area contributed by atoms with Gasteiger partial charge < -0.3 is 9.47 Å². The molecule has 0 saturated heterocycles. The molecule has 4 heteroatoms. The standard InChI is InChI=1S/C14H19ClO3/c1-4-8-18-13-9-10(6-7-12(13)17-3)14(15)11(16)5-2/h6-7,9,14H,4-5,8H2,1-3H3. The van der Waals surface area contributed by atoms with Crippen molar-refractivity contribution in [3.8, 4) is 11.5 Å². The van der Waals surface area contributed by atoms with E-state index < -0.39 is 5.38 Å². The maximum Gasteiger partial charge on any atom is 0.161 e. The zero-order chi connectivity index (χ0) is 13.5. The fraction of sp³-hybridized carbons (Fsp3) is 0.500. The van der Waals surface area contributed by atoms with E-state index in [-0.39, 0.29) is 5.78 Å². The summed E-state index contributed by atoms with van der Waals surface area (Å²) in [5.74, 6) is 1.29. The molecule has 0 heterocycles. The van der Waals surface area contributed by atoms with E-state index in [0.717, 1.165) is 12.0 Å². The molecule has 0 radical (unpaired) electrons. The van der Waals surface area contributed by atoms with E-state index in [0.29, 0.717) is 24.5 Å². The normalized spacial score (nSPS) is 12.0. The van der Waals surface area contributed by atoms with Crippen LogP contribution in [0.2, 0.25) is 0 Å². The summed E-state index contributed by atoms with van der Waals surface area (Å²) in [7, 11) is 1.59. The smallest absolute Gasteiger partial charge is 0.161 e. The van der Waals surface area contributed by atoms with Crippen molar-refractivity contribution in [2.45, 2.75) is 32.1 Å². The van der Waals surface area contributed by atoms with E-state index in [1.165, 1.54) is 0 Å². The van der Waals surface area contributed by atoms with Crippen molar-refractivity contribution in [3.05, 3.63) is 23.8 Å². The Balaban J connectivity index is 2.97. The van der Waals surface area contributed by atoms with E-state index >= 15 is 0 Å². The molecule has 0 saturated carbocycles. The van der Waals surface area contributed by atoms with Gasteiger partial charge in [-0.15, -0.1) is 11.6 Å². The molecule has 0 amide bonds. The first-order chi connectivity index (χ1) is 8.63. The number of ether oxygens (including phenoxy) is 2. The highest BCUT2D eigenvalue weighted by Gasteiger charge is 2.17. The van der Waals surface area contributed by atoms with Crippen molar-refractivity contribution < 1.29 is 14.3 Å². The number of carbonyl (C=O) groups excluding carboxylic acids is 1. The molecular formula is C14H19ClO3. The van der Waals surface area contributed by atoms with Crippen molar-refractivity contribution >= 4 is 17.4 Å². The third kappa shape index (κ3) is 3.64. The van der Waals surface area contributed by atoms with Crippen molar-refractivity contribution in [2.24, 2.45) is 0 Å².